The number of aromatic nitrogens is 2. The first-order valence-electron chi connectivity index (χ1n) is 10.8. The molecule has 0 aliphatic carbocycles. The van der Waals surface area contributed by atoms with Gasteiger partial charge in [-0.1, -0.05) is 42.8 Å². The maximum atomic E-state index is 13.5. The Kier molecular flexibility index (Phi) is 7.25. The molecule has 0 radical (unpaired) electrons. The molecule has 4 rings (SSSR count). The van der Waals surface area contributed by atoms with Crippen LogP contribution in [0.5, 0.6) is 11.5 Å². The van der Waals surface area contributed by atoms with Gasteiger partial charge in [0.15, 0.2) is 11.4 Å². The van der Waals surface area contributed by atoms with Crippen molar-refractivity contribution in [3.63, 3.8) is 0 Å². The van der Waals surface area contributed by atoms with Crippen molar-refractivity contribution in [2.45, 2.75) is 13.3 Å². The van der Waals surface area contributed by atoms with Crippen LogP contribution < -0.4 is 20.9 Å². The van der Waals surface area contributed by atoms with Crippen LogP contribution in [0.4, 0.5) is 11.4 Å². The lowest BCUT2D eigenvalue weighted by Crippen LogP contribution is -2.25. The van der Waals surface area contributed by atoms with E-state index in [1.165, 1.54) is 10.9 Å². The number of hydrogen-bond acceptors (Lipinski definition) is 5. The standard InChI is InChI=1S/C26H23ClN4O3/c1-2-15-28-25(32)18-7-6-8-20(16-18)30-24-23(34-22-13-11-19(27)12-14-22)17-29-31(26(24)33)21-9-4-3-5-10-21/h3-14,16-17,30H,2,15H2,1H3,(H,28,32). The highest BCUT2D eigenvalue weighted by Gasteiger charge is 2.16. The molecule has 34 heavy (non-hydrogen) atoms. The zero-order valence-electron chi connectivity index (χ0n) is 18.5. The Morgan fingerprint density at radius 2 is 1.79 bits per heavy atom. The maximum absolute atomic E-state index is 13.5. The predicted molar refractivity (Wildman–Crippen MR) is 134 cm³/mol. The molecule has 3 aromatic carbocycles. The van der Waals surface area contributed by atoms with Crippen molar-refractivity contribution in [2.75, 3.05) is 11.9 Å². The van der Waals surface area contributed by atoms with Gasteiger partial charge in [0.2, 0.25) is 0 Å². The summed E-state index contributed by atoms with van der Waals surface area (Å²) in [4.78, 5) is 25.9. The van der Waals surface area contributed by atoms with E-state index < -0.39 is 5.56 Å². The van der Waals surface area contributed by atoms with Crippen molar-refractivity contribution in [1.29, 1.82) is 0 Å². The summed E-state index contributed by atoms with van der Waals surface area (Å²) in [5, 5.41) is 10.8. The second kappa shape index (κ2) is 10.7. The largest absolute Gasteiger partial charge is 0.453 e. The second-order valence-corrected chi connectivity index (χ2v) is 7.89. The second-order valence-electron chi connectivity index (χ2n) is 7.45. The molecule has 1 heterocycles. The van der Waals surface area contributed by atoms with Gasteiger partial charge in [-0.2, -0.15) is 9.78 Å². The number of benzene rings is 3. The Bertz CT molecular complexity index is 1340. The Morgan fingerprint density at radius 1 is 1.03 bits per heavy atom. The lowest BCUT2D eigenvalue weighted by molar-refractivity contribution is 0.0953. The number of amides is 1. The van der Waals surface area contributed by atoms with Crippen molar-refractivity contribution in [3.05, 3.63) is 106 Å². The summed E-state index contributed by atoms with van der Waals surface area (Å²) in [7, 11) is 0. The fourth-order valence-electron chi connectivity index (χ4n) is 3.24. The van der Waals surface area contributed by atoms with Gasteiger partial charge in [-0.05, 0) is 61.0 Å². The molecule has 0 saturated carbocycles. The molecule has 0 atom stereocenters. The maximum Gasteiger partial charge on any atom is 0.299 e. The molecule has 0 aliphatic heterocycles. The van der Waals surface area contributed by atoms with E-state index in [9.17, 15) is 9.59 Å². The highest BCUT2D eigenvalue weighted by atomic mass is 35.5. The van der Waals surface area contributed by atoms with Gasteiger partial charge in [-0.25, -0.2) is 0 Å². The van der Waals surface area contributed by atoms with Gasteiger partial charge in [0, 0.05) is 22.8 Å². The van der Waals surface area contributed by atoms with Gasteiger partial charge in [0.05, 0.1) is 11.9 Å². The van der Waals surface area contributed by atoms with Crippen molar-refractivity contribution in [3.8, 4) is 17.2 Å². The number of anilines is 2. The summed E-state index contributed by atoms with van der Waals surface area (Å²) >= 11 is 5.97. The zero-order chi connectivity index (χ0) is 23.9. The number of carbonyl (C=O) groups is 1. The van der Waals surface area contributed by atoms with Gasteiger partial charge in [-0.15, -0.1) is 0 Å². The van der Waals surface area contributed by atoms with Crippen LogP contribution in [0.25, 0.3) is 5.69 Å². The summed E-state index contributed by atoms with van der Waals surface area (Å²) in [6.45, 7) is 2.57. The molecule has 4 aromatic rings. The SMILES string of the molecule is CCCNC(=O)c1cccc(Nc2c(Oc3ccc(Cl)cc3)cnn(-c3ccccc3)c2=O)c1. The van der Waals surface area contributed by atoms with Crippen LogP contribution >= 0.6 is 11.6 Å². The lowest BCUT2D eigenvalue weighted by Gasteiger charge is -2.15. The fraction of sp³-hybridized carbons (Fsp3) is 0.115. The molecule has 0 fully saturated rings. The quantitative estimate of drug-likeness (QED) is 0.349. The third-order valence-electron chi connectivity index (χ3n) is 4.91. The zero-order valence-corrected chi connectivity index (χ0v) is 19.3. The van der Waals surface area contributed by atoms with Crippen molar-refractivity contribution < 1.29 is 9.53 Å². The molecule has 7 nitrogen and oxygen atoms in total. The monoisotopic (exact) mass is 474 g/mol. The molecule has 1 aromatic heterocycles. The summed E-state index contributed by atoms with van der Waals surface area (Å²) in [6, 6.07) is 22.8. The molecule has 1 amide bonds. The number of nitrogens with one attached hydrogen (secondary N) is 2. The van der Waals surface area contributed by atoms with E-state index in [1.807, 2.05) is 25.1 Å². The molecule has 2 N–H and O–H groups in total. The number of nitrogens with zero attached hydrogens (tertiary/aromatic N) is 2. The van der Waals surface area contributed by atoms with E-state index in [-0.39, 0.29) is 17.3 Å². The number of ether oxygens (including phenoxy) is 1. The van der Waals surface area contributed by atoms with E-state index in [0.717, 1.165) is 6.42 Å². The molecule has 0 bridgehead atoms. The van der Waals surface area contributed by atoms with Crippen LogP contribution in [0, 0.1) is 0 Å². The third-order valence-corrected chi connectivity index (χ3v) is 5.17. The van der Waals surface area contributed by atoms with Crippen LogP contribution in [0.15, 0.2) is 89.9 Å². The van der Waals surface area contributed by atoms with E-state index in [0.29, 0.717) is 34.3 Å². The summed E-state index contributed by atoms with van der Waals surface area (Å²) in [5.74, 6) is 0.554. The summed E-state index contributed by atoms with van der Waals surface area (Å²) in [6.07, 6.45) is 2.31. The Hall–Kier alpha value is -4.10. The fourth-order valence-corrected chi connectivity index (χ4v) is 3.36. The summed E-state index contributed by atoms with van der Waals surface area (Å²) in [5.41, 5.74) is 1.43. The first-order chi connectivity index (χ1) is 16.5. The minimum atomic E-state index is -0.404. The van der Waals surface area contributed by atoms with Gasteiger partial charge >= 0.3 is 0 Å². The third kappa shape index (κ3) is 5.44. The Morgan fingerprint density at radius 3 is 2.53 bits per heavy atom. The van der Waals surface area contributed by atoms with Gasteiger partial charge in [-0.3, -0.25) is 9.59 Å². The molecule has 0 saturated heterocycles. The minimum absolute atomic E-state index is 0.180. The van der Waals surface area contributed by atoms with Gasteiger partial charge in [0.1, 0.15) is 5.75 Å². The van der Waals surface area contributed by atoms with Crippen LogP contribution in [0.2, 0.25) is 5.02 Å². The van der Waals surface area contributed by atoms with Crippen molar-refractivity contribution >= 4 is 28.9 Å². The predicted octanol–water partition coefficient (Wildman–Crippen LogP) is 5.56. The molecular weight excluding hydrogens is 452 g/mol. The molecule has 0 spiro atoms. The molecule has 0 unspecified atom stereocenters. The Balaban J connectivity index is 1.73. The minimum Gasteiger partial charge on any atom is -0.453 e. The smallest absolute Gasteiger partial charge is 0.299 e. The van der Waals surface area contributed by atoms with Gasteiger partial charge < -0.3 is 15.4 Å². The first-order valence-corrected chi connectivity index (χ1v) is 11.2. The first kappa shape index (κ1) is 23.1. The van der Waals surface area contributed by atoms with Crippen LogP contribution in [0.3, 0.4) is 0 Å². The number of rotatable bonds is 8. The molecule has 8 heteroatoms. The molecular formula is C26H23ClN4O3. The molecule has 0 aliphatic rings. The van der Waals surface area contributed by atoms with E-state index in [4.69, 9.17) is 16.3 Å². The van der Waals surface area contributed by atoms with Crippen LogP contribution in [0.1, 0.15) is 23.7 Å². The highest BCUT2D eigenvalue weighted by molar-refractivity contribution is 6.30. The van der Waals surface area contributed by atoms with Gasteiger partial charge in [0.25, 0.3) is 11.5 Å². The van der Waals surface area contributed by atoms with E-state index >= 15 is 0 Å². The topological polar surface area (TPSA) is 85.2 Å². The normalized spacial score (nSPS) is 10.5. The number of para-hydroxylation sites is 1. The highest BCUT2D eigenvalue weighted by Crippen LogP contribution is 2.29. The number of hydrogen-bond donors (Lipinski definition) is 2. The van der Waals surface area contributed by atoms with Crippen molar-refractivity contribution in [2.24, 2.45) is 0 Å². The average Bonchev–Trinajstić information content (AvgIpc) is 2.87. The van der Waals surface area contributed by atoms with Crippen molar-refractivity contribution in [1.82, 2.24) is 15.1 Å². The summed E-state index contributed by atoms with van der Waals surface area (Å²) < 4.78 is 7.25. The van der Waals surface area contributed by atoms with E-state index in [1.54, 1.807) is 60.7 Å². The Labute approximate surface area is 202 Å². The van der Waals surface area contributed by atoms with Crippen LogP contribution in [-0.4, -0.2) is 22.2 Å². The molecule has 172 valence electrons. The number of carbonyl (C=O) groups excluding carboxylic acids is 1. The number of halogens is 1. The van der Waals surface area contributed by atoms with E-state index in [2.05, 4.69) is 15.7 Å². The average molecular weight is 475 g/mol. The lowest BCUT2D eigenvalue weighted by atomic mass is 10.2. The van der Waals surface area contributed by atoms with Crippen LogP contribution in [-0.2, 0) is 0 Å².